The van der Waals surface area contributed by atoms with Gasteiger partial charge in [0.2, 0.25) is 5.95 Å². The molecule has 0 unspecified atom stereocenters. The summed E-state index contributed by atoms with van der Waals surface area (Å²) in [5.74, 6) is 1.04. The quantitative estimate of drug-likeness (QED) is 0.754. The second-order valence-electron chi connectivity index (χ2n) is 5.04. The summed E-state index contributed by atoms with van der Waals surface area (Å²) < 4.78 is 6.43. The summed E-state index contributed by atoms with van der Waals surface area (Å²) in [7, 11) is 0. The third-order valence-corrected chi connectivity index (χ3v) is 4.44. The molecule has 0 aliphatic heterocycles. The summed E-state index contributed by atoms with van der Waals surface area (Å²) in [6.45, 7) is 2.41. The topological polar surface area (TPSA) is 93.3 Å². The molecular formula is C13H21BrN4O2. The fourth-order valence-corrected chi connectivity index (χ4v) is 2.75. The zero-order valence-electron chi connectivity index (χ0n) is 11.6. The zero-order valence-corrected chi connectivity index (χ0v) is 13.2. The molecule has 20 heavy (non-hydrogen) atoms. The van der Waals surface area contributed by atoms with Crippen LogP contribution in [0.25, 0.3) is 0 Å². The summed E-state index contributed by atoms with van der Waals surface area (Å²) in [5, 5.41) is 12.2. The molecule has 1 fully saturated rings. The fraction of sp³-hybridized carbons (Fsp3) is 0.692. The average molecular weight is 345 g/mol. The highest BCUT2D eigenvalue weighted by molar-refractivity contribution is 9.10. The molecule has 4 N–H and O–H groups in total. The minimum atomic E-state index is 0.0879. The first kappa shape index (κ1) is 15.5. The zero-order chi connectivity index (χ0) is 14.5. The lowest BCUT2D eigenvalue weighted by Gasteiger charge is -2.29. The van der Waals surface area contributed by atoms with Crippen molar-refractivity contribution < 1.29 is 9.84 Å². The Morgan fingerprint density at radius 2 is 2.05 bits per heavy atom. The standard InChI is InChI=1S/C13H21BrN4O2/c1-8-11(14)12(18-13(15)16-8)17-9-2-4-10(5-3-9)20-7-6-19/h9-10,19H,2-7H2,1H3,(H3,15,16,17,18). The second-order valence-corrected chi connectivity index (χ2v) is 5.84. The number of ether oxygens (including phenoxy) is 1. The Morgan fingerprint density at radius 1 is 1.35 bits per heavy atom. The van der Waals surface area contributed by atoms with Crippen molar-refractivity contribution in [1.29, 1.82) is 0 Å². The molecule has 0 spiro atoms. The number of nitrogens with one attached hydrogen (secondary N) is 1. The number of hydrogen-bond acceptors (Lipinski definition) is 6. The van der Waals surface area contributed by atoms with Gasteiger partial charge in [-0.25, -0.2) is 4.98 Å². The largest absolute Gasteiger partial charge is 0.394 e. The molecule has 1 aliphatic rings. The molecule has 0 amide bonds. The normalized spacial score (nSPS) is 22.8. The van der Waals surface area contributed by atoms with E-state index in [2.05, 4.69) is 31.2 Å². The van der Waals surface area contributed by atoms with E-state index in [4.69, 9.17) is 15.6 Å². The van der Waals surface area contributed by atoms with Crippen molar-refractivity contribution in [1.82, 2.24) is 9.97 Å². The van der Waals surface area contributed by atoms with Crippen molar-refractivity contribution in [3.8, 4) is 0 Å². The average Bonchev–Trinajstić information content (AvgIpc) is 2.43. The summed E-state index contributed by atoms with van der Waals surface area (Å²) in [5.41, 5.74) is 6.52. The van der Waals surface area contributed by atoms with E-state index in [1.54, 1.807) is 0 Å². The molecule has 0 aromatic carbocycles. The molecule has 0 radical (unpaired) electrons. The molecule has 1 aliphatic carbocycles. The van der Waals surface area contributed by atoms with Crippen molar-refractivity contribution in [2.75, 3.05) is 24.3 Å². The predicted molar refractivity (Wildman–Crippen MR) is 81.6 cm³/mol. The monoisotopic (exact) mass is 344 g/mol. The van der Waals surface area contributed by atoms with E-state index >= 15 is 0 Å². The summed E-state index contributed by atoms with van der Waals surface area (Å²) in [4.78, 5) is 8.35. The van der Waals surface area contributed by atoms with Gasteiger partial charge in [0.1, 0.15) is 5.82 Å². The van der Waals surface area contributed by atoms with Crippen LogP contribution in [0, 0.1) is 6.92 Å². The van der Waals surface area contributed by atoms with E-state index in [1.807, 2.05) is 6.92 Å². The Balaban J connectivity index is 1.89. The van der Waals surface area contributed by atoms with Crippen molar-refractivity contribution in [3.05, 3.63) is 10.2 Å². The molecule has 0 bridgehead atoms. The number of aliphatic hydroxyl groups is 1. The minimum Gasteiger partial charge on any atom is -0.394 e. The Hall–Kier alpha value is -0.920. The molecule has 0 saturated heterocycles. The molecule has 2 rings (SSSR count). The molecule has 6 nitrogen and oxygen atoms in total. The van der Waals surface area contributed by atoms with E-state index in [1.165, 1.54) is 0 Å². The Kier molecular flexibility index (Phi) is 5.56. The number of aliphatic hydroxyl groups excluding tert-OH is 1. The van der Waals surface area contributed by atoms with Crippen molar-refractivity contribution in [2.24, 2.45) is 0 Å². The van der Waals surface area contributed by atoms with E-state index < -0.39 is 0 Å². The van der Waals surface area contributed by atoms with Gasteiger partial charge in [-0.1, -0.05) is 0 Å². The molecule has 1 aromatic rings. The third kappa shape index (κ3) is 4.04. The highest BCUT2D eigenvalue weighted by Gasteiger charge is 2.22. The number of rotatable bonds is 5. The lowest BCUT2D eigenvalue weighted by molar-refractivity contribution is 0.00721. The molecule has 1 heterocycles. The molecule has 112 valence electrons. The molecule has 7 heteroatoms. The van der Waals surface area contributed by atoms with Crippen molar-refractivity contribution in [2.45, 2.75) is 44.8 Å². The maximum absolute atomic E-state index is 8.76. The summed E-state index contributed by atoms with van der Waals surface area (Å²) in [6, 6.07) is 0.369. The first-order chi connectivity index (χ1) is 9.60. The third-order valence-electron chi connectivity index (χ3n) is 3.49. The van der Waals surface area contributed by atoms with Crippen LogP contribution in [0.4, 0.5) is 11.8 Å². The lowest BCUT2D eigenvalue weighted by atomic mass is 9.93. The summed E-state index contributed by atoms with van der Waals surface area (Å²) >= 11 is 3.49. The Bertz CT molecular complexity index is 450. The van der Waals surface area contributed by atoms with Gasteiger partial charge >= 0.3 is 0 Å². The van der Waals surface area contributed by atoms with Crippen LogP contribution in [0.1, 0.15) is 31.4 Å². The fourth-order valence-electron chi connectivity index (χ4n) is 2.46. The van der Waals surface area contributed by atoms with Gasteiger partial charge in [0.25, 0.3) is 0 Å². The number of nitrogen functional groups attached to an aromatic ring is 1. The van der Waals surface area contributed by atoms with E-state index in [0.29, 0.717) is 12.6 Å². The highest BCUT2D eigenvalue weighted by Crippen LogP contribution is 2.28. The van der Waals surface area contributed by atoms with Gasteiger partial charge in [-0.05, 0) is 48.5 Å². The van der Waals surface area contributed by atoms with Crippen LogP contribution in [0.5, 0.6) is 0 Å². The number of anilines is 2. The molecule has 1 aromatic heterocycles. The smallest absolute Gasteiger partial charge is 0.222 e. The van der Waals surface area contributed by atoms with Gasteiger partial charge < -0.3 is 20.9 Å². The predicted octanol–water partition coefficient (Wildman–Crippen LogP) is 1.86. The van der Waals surface area contributed by atoms with Gasteiger partial charge in [0.15, 0.2) is 0 Å². The van der Waals surface area contributed by atoms with Gasteiger partial charge in [0.05, 0.1) is 29.5 Å². The van der Waals surface area contributed by atoms with Crippen LogP contribution in [-0.2, 0) is 4.74 Å². The Morgan fingerprint density at radius 3 is 2.70 bits per heavy atom. The van der Waals surface area contributed by atoms with Gasteiger partial charge in [-0.15, -0.1) is 0 Å². The maximum Gasteiger partial charge on any atom is 0.222 e. The van der Waals surface area contributed by atoms with E-state index in [-0.39, 0.29) is 18.7 Å². The van der Waals surface area contributed by atoms with Crippen LogP contribution in [-0.4, -0.2) is 40.4 Å². The van der Waals surface area contributed by atoms with Crippen LogP contribution in [0.15, 0.2) is 4.47 Å². The minimum absolute atomic E-state index is 0.0879. The first-order valence-corrected chi connectivity index (χ1v) is 7.68. The number of nitrogens with two attached hydrogens (primary N) is 1. The molecular weight excluding hydrogens is 324 g/mol. The van der Waals surface area contributed by atoms with Crippen LogP contribution < -0.4 is 11.1 Å². The van der Waals surface area contributed by atoms with Gasteiger partial charge in [-0.2, -0.15) is 4.98 Å². The van der Waals surface area contributed by atoms with Gasteiger partial charge in [0, 0.05) is 6.04 Å². The number of halogens is 1. The van der Waals surface area contributed by atoms with E-state index in [0.717, 1.165) is 41.7 Å². The number of aryl methyl sites for hydroxylation is 1. The maximum atomic E-state index is 8.76. The van der Waals surface area contributed by atoms with Crippen molar-refractivity contribution in [3.63, 3.8) is 0 Å². The Labute approximate surface area is 127 Å². The second kappa shape index (κ2) is 7.19. The lowest BCUT2D eigenvalue weighted by Crippen LogP contribution is -2.30. The number of nitrogens with zero attached hydrogens (tertiary/aromatic N) is 2. The van der Waals surface area contributed by atoms with Crippen LogP contribution >= 0.6 is 15.9 Å². The number of hydrogen-bond donors (Lipinski definition) is 3. The number of aromatic nitrogens is 2. The van der Waals surface area contributed by atoms with Crippen LogP contribution in [0.2, 0.25) is 0 Å². The first-order valence-electron chi connectivity index (χ1n) is 6.88. The van der Waals surface area contributed by atoms with Crippen molar-refractivity contribution >= 4 is 27.7 Å². The SMILES string of the molecule is Cc1nc(N)nc(NC2CCC(OCCO)CC2)c1Br. The van der Waals surface area contributed by atoms with Gasteiger partial charge in [-0.3, -0.25) is 0 Å². The summed E-state index contributed by atoms with van der Waals surface area (Å²) in [6.07, 6.45) is 4.29. The molecule has 1 saturated carbocycles. The van der Waals surface area contributed by atoms with Crippen LogP contribution in [0.3, 0.4) is 0 Å². The highest BCUT2D eigenvalue weighted by atomic mass is 79.9. The molecule has 0 atom stereocenters. The van der Waals surface area contributed by atoms with E-state index in [9.17, 15) is 0 Å².